The van der Waals surface area contributed by atoms with Gasteiger partial charge in [-0.05, 0) is 51.3 Å². The van der Waals surface area contributed by atoms with Crippen LogP contribution in [-0.4, -0.2) is 109 Å². The molecule has 2 atom stereocenters. The Morgan fingerprint density at radius 3 is 2.44 bits per heavy atom. The monoisotopic (exact) mass is 546 g/mol. The van der Waals surface area contributed by atoms with E-state index in [0.29, 0.717) is 31.2 Å². The number of piperazine rings is 1. The molecule has 3 saturated heterocycles. The third kappa shape index (κ3) is 6.44. The molecule has 1 saturated carbocycles. The van der Waals surface area contributed by atoms with Gasteiger partial charge < -0.3 is 30.3 Å². The molecule has 0 spiro atoms. The number of carbonyl (C=O) groups excluding carboxylic acids is 2. The third-order valence-corrected chi connectivity index (χ3v) is 8.54. The van der Waals surface area contributed by atoms with Gasteiger partial charge in [0.15, 0.2) is 0 Å². The molecule has 3 aliphatic heterocycles. The van der Waals surface area contributed by atoms with Crippen molar-refractivity contribution in [2.24, 2.45) is 5.41 Å². The maximum atomic E-state index is 14.7. The fourth-order valence-electron chi connectivity index (χ4n) is 5.73. The number of carboxylic acids is 1. The fourth-order valence-corrected chi connectivity index (χ4v) is 5.73. The van der Waals surface area contributed by atoms with Crippen molar-refractivity contribution in [1.82, 2.24) is 25.3 Å². The summed E-state index contributed by atoms with van der Waals surface area (Å²) >= 11 is 0. The van der Waals surface area contributed by atoms with Crippen molar-refractivity contribution in [3.8, 4) is 5.75 Å². The maximum absolute atomic E-state index is 14.7. The lowest BCUT2D eigenvalue weighted by molar-refractivity contribution is -0.147. The van der Waals surface area contributed by atoms with E-state index in [-0.39, 0.29) is 36.8 Å². The number of urea groups is 1. The number of rotatable bonds is 7. The minimum Gasteiger partial charge on any atom is -0.490 e. The summed E-state index contributed by atoms with van der Waals surface area (Å²) in [6.07, 6.45) is 3.23. The summed E-state index contributed by atoms with van der Waals surface area (Å²) in [5, 5.41) is 18.0. The molecule has 4 aliphatic rings. The van der Waals surface area contributed by atoms with Crippen LogP contribution in [0.3, 0.4) is 0 Å². The van der Waals surface area contributed by atoms with Crippen LogP contribution >= 0.6 is 0 Å². The first kappa shape index (κ1) is 27.6. The molecule has 0 aromatic heterocycles. The number of carboxylic acid groups (broad SMARTS) is 1. The van der Waals surface area contributed by atoms with Gasteiger partial charge in [-0.3, -0.25) is 19.8 Å². The number of nitrogens with zero attached hydrogens (tertiary/aromatic N) is 3. The zero-order chi connectivity index (χ0) is 27.6. The number of benzene rings is 1. The Morgan fingerprint density at radius 2 is 1.79 bits per heavy atom. The van der Waals surface area contributed by atoms with Gasteiger partial charge in [0, 0.05) is 64.3 Å². The minimum atomic E-state index is -1.45. The van der Waals surface area contributed by atoms with Crippen LogP contribution in [0.4, 0.5) is 14.9 Å². The van der Waals surface area contributed by atoms with Crippen LogP contribution in [0.15, 0.2) is 18.2 Å². The molecule has 39 heavy (non-hydrogen) atoms. The van der Waals surface area contributed by atoms with Gasteiger partial charge in [-0.15, -0.1) is 0 Å². The molecule has 12 heteroatoms. The van der Waals surface area contributed by atoms with E-state index >= 15 is 0 Å². The Hall–Kier alpha value is -2.96. The van der Waals surface area contributed by atoms with Crippen molar-refractivity contribution in [3.63, 3.8) is 0 Å². The number of aliphatic carboxylic acids is 1. The number of halogens is 1. The minimum absolute atomic E-state index is 0.0771. The highest BCUT2D eigenvalue weighted by molar-refractivity contribution is 6.10. The zero-order valence-corrected chi connectivity index (χ0v) is 22.5. The van der Waals surface area contributed by atoms with Crippen LogP contribution in [0.5, 0.6) is 5.75 Å². The van der Waals surface area contributed by atoms with Crippen molar-refractivity contribution in [1.29, 1.82) is 0 Å². The highest BCUT2D eigenvalue weighted by Gasteiger charge is 2.57. The molecule has 4 N–H and O–H groups in total. The molecule has 1 aromatic carbocycles. The maximum Gasteiger partial charge on any atom is 0.319 e. The lowest BCUT2D eigenvalue weighted by Crippen LogP contribution is -2.58. The summed E-state index contributed by atoms with van der Waals surface area (Å²) in [6.45, 7) is 6.50. The number of likely N-dealkylation sites (tertiary alicyclic amines) is 1. The van der Waals surface area contributed by atoms with Gasteiger partial charge in [0.2, 0.25) is 5.91 Å². The first-order valence-corrected chi connectivity index (χ1v) is 14.0. The van der Waals surface area contributed by atoms with E-state index in [0.717, 1.165) is 52.1 Å². The Labute approximate surface area is 228 Å². The van der Waals surface area contributed by atoms with Crippen LogP contribution in [0, 0.1) is 11.2 Å². The van der Waals surface area contributed by atoms with Crippen LogP contribution in [-0.2, 0) is 9.59 Å². The summed E-state index contributed by atoms with van der Waals surface area (Å²) in [4.78, 5) is 43.4. The predicted molar refractivity (Wildman–Crippen MR) is 142 cm³/mol. The third-order valence-electron chi connectivity index (χ3n) is 8.54. The van der Waals surface area contributed by atoms with Gasteiger partial charge in [0.1, 0.15) is 23.1 Å². The molecule has 1 aromatic rings. The summed E-state index contributed by atoms with van der Waals surface area (Å²) in [6, 6.07) is 4.59. The summed E-state index contributed by atoms with van der Waals surface area (Å²) < 4.78 is 20.7. The van der Waals surface area contributed by atoms with Crippen LogP contribution in [0.25, 0.3) is 0 Å². The van der Waals surface area contributed by atoms with Crippen molar-refractivity contribution in [2.45, 2.75) is 56.8 Å². The standard InChI is InChI=1S/C27H39FN6O5/c1-32-12-14-33(15-13-32)18-5-10-34(11-6-18)26(38)31-23-17-20(4-9-29-23)39-19-2-3-22(21(28)16-19)30-24(35)27(7-8-27)25(36)37/h2-3,16,18,20,23,29H,4-15,17H2,1H3,(H,30,35)(H,31,38)(H,36,37). The summed E-state index contributed by atoms with van der Waals surface area (Å²) in [5.74, 6) is -2.28. The SMILES string of the molecule is CN1CCN(C2CCN(C(=O)NC3CC(Oc4ccc(NC(=O)C5(C(=O)O)CC5)c(F)c4)CCN3)CC2)CC1. The molecule has 214 valence electrons. The molecule has 0 bridgehead atoms. The molecule has 3 heterocycles. The Bertz CT molecular complexity index is 1070. The molecule has 3 amide bonds. The van der Waals surface area contributed by atoms with Crippen molar-refractivity contribution in [3.05, 3.63) is 24.0 Å². The summed E-state index contributed by atoms with van der Waals surface area (Å²) in [7, 11) is 2.16. The number of likely N-dealkylation sites (N-methyl/N-ethyl adjacent to an activating group) is 1. The predicted octanol–water partition coefficient (Wildman–Crippen LogP) is 1.51. The molecule has 11 nitrogen and oxygen atoms in total. The van der Waals surface area contributed by atoms with Crippen molar-refractivity contribution in [2.75, 3.05) is 58.2 Å². The number of amides is 3. The van der Waals surface area contributed by atoms with Gasteiger partial charge in [0.25, 0.3) is 0 Å². The number of ether oxygens (including phenoxy) is 1. The quantitative estimate of drug-likeness (QED) is 0.379. The fraction of sp³-hybridized carbons (Fsp3) is 0.667. The van der Waals surface area contributed by atoms with Gasteiger partial charge in [0.05, 0.1) is 11.9 Å². The highest BCUT2D eigenvalue weighted by Crippen LogP contribution is 2.47. The van der Waals surface area contributed by atoms with E-state index in [4.69, 9.17) is 4.74 Å². The second-order valence-corrected chi connectivity index (χ2v) is 11.3. The zero-order valence-electron chi connectivity index (χ0n) is 22.5. The molecule has 5 rings (SSSR count). The second-order valence-electron chi connectivity index (χ2n) is 11.3. The molecular formula is C27H39FN6O5. The van der Waals surface area contributed by atoms with Gasteiger partial charge in [-0.1, -0.05) is 0 Å². The van der Waals surface area contributed by atoms with Crippen molar-refractivity contribution < 1.29 is 28.6 Å². The van der Waals surface area contributed by atoms with Crippen molar-refractivity contribution >= 4 is 23.6 Å². The van der Waals surface area contributed by atoms with Crippen LogP contribution < -0.4 is 20.7 Å². The normalized spacial score (nSPS) is 26.1. The first-order valence-electron chi connectivity index (χ1n) is 14.0. The number of hydrogen-bond donors (Lipinski definition) is 4. The first-order chi connectivity index (χ1) is 18.7. The Kier molecular flexibility index (Phi) is 8.24. The molecule has 4 fully saturated rings. The van der Waals surface area contributed by atoms with Gasteiger partial charge in [-0.25, -0.2) is 9.18 Å². The number of carbonyl (C=O) groups is 3. The van der Waals surface area contributed by atoms with E-state index in [9.17, 15) is 23.9 Å². The number of nitrogens with one attached hydrogen (secondary N) is 3. The smallest absolute Gasteiger partial charge is 0.319 e. The van der Waals surface area contributed by atoms with E-state index in [2.05, 4.69) is 32.8 Å². The lowest BCUT2D eigenvalue weighted by Gasteiger charge is -2.42. The number of piperidine rings is 2. The average molecular weight is 547 g/mol. The summed E-state index contributed by atoms with van der Waals surface area (Å²) in [5.41, 5.74) is -1.52. The van der Waals surface area contributed by atoms with Gasteiger partial charge >= 0.3 is 12.0 Å². The van der Waals surface area contributed by atoms with Crippen LogP contribution in [0.2, 0.25) is 0 Å². The molecule has 0 radical (unpaired) electrons. The highest BCUT2D eigenvalue weighted by atomic mass is 19.1. The second kappa shape index (κ2) is 11.6. The molecule has 1 aliphatic carbocycles. The van der Waals surface area contributed by atoms with Crippen LogP contribution in [0.1, 0.15) is 38.5 Å². The Balaban J connectivity index is 1.07. The van der Waals surface area contributed by atoms with E-state index in [1.165, 1.54) is 12.1 Å². The largest absolute Gasteiger partial charge is 0.490 e. The topological polar surface area (TPSA) is 126 Å². The Morgan fingerprint density at radius 1 is 1.08 bits per heavy atom. The van der Waals surface area contributed by atoms with Gasteiger partial charge in [-0.2, -0.15) is 0 Å². The molecule has 2 unspecified atom stereocenters. The molecular weight excluding hydrogens is 507 g/mol. The lowest BCUT2D eigenvalue weighted by atomic mass is 10.0. The number of hydrogen-bond acceptors (Lipinski definition) is 7. The van der Waals surface area contributed by atoms with E-state index in [1.54, 1.807) is 6.07 Å². The van der Waals surface area contributed by atoms with E-state index in [1.807, 2.05) is 4.90 Å². The average Bonchev–Trinajstić information content (AvgIpc) is 3.74. The number of anilines is 1. The van der Waals surface area contributed by atoms with E-state index < -0.39 is 23.1 Å².